The second-order valence-corrected chi connectivity index (χ2v) is 4.14. The minimum Gasteiger partial charge on any atom is -0.494 e. The van der Waals surface area contributed by atoms with Crippen LogP contribution in [0.1, 0.15) is 22.8 Å². The second kappa shape index (κ2) is 9.75. The van der Waals surface area contributed by atoms with Crippen molar-refractivity contribution in [3.63, 3.8) is 0 Å². The second-order valence-electron chi connectivity index (χ2n) is 4.14. The van der Waals surface area contributed by atoms with E-state index in [-0.39, 0.29) is 0 Å². The number of nitrogens with two attached hydrogens (primary N) is 1. The molecule has 106 valence electrons. The molecule has 0 unspecified atom stereocenters. The van der Waals surface area contributed by atoms with E-state index in [2.05, 4.69) is 12.1 Å². The fraction of sp³-hybridized carbons (Fsp3) is 0.235. The van der Waals surface area contributed by atoms with Gasteiger partial charge in [0.1, 0.15) is 12.0 Å². The lowest BCUT2D eigenvalue weighted by atomic mass is 10.2. The lowest BCUT2D eigenvalue weighted by molar-refractivity contribution is 0.112. The van der Waals surface area contributed by atoms with Crippen LogP contribution in [0.2, 0.25) is 0 Å². The number of benzene rings is 2. The van der Waals surface area contributed by atoms with Crippen LogP contribution in [0.25, 0.3) is 0 Å². The molecule has 0 atom stereocenters. The summed E-state index contributed by atoms with van der Waals surface area (Å²) in [5.41, 5.74) is 7.35. The van der Waals surface area contributed by atoms with Crippen molar-refractivity contribution in [3.05, 3.63) is 65.7 Å². The molecule has 2 aromatic rings. The lowest BCUT2D eigenvalue weighted by Crippen LogP contribution is -2.01. The fourth-order valence-corrected chi connectivity index (χ4v) is 1.62. The van der Waals surface area contributed by atoms with E-state index >= 15 is 0 Å². The molecule has 2 N–H and O–H groups in total. The van der Waals surface area contributed by atoms with Crippen LogP contribution >= 0.6 is 0 Å². The van der Waals surface area contributed by atoms with Crippen molar-refractivity contribution in [1.29, 1.82) is 0 Å². The molecule has 0 aliphatic heterocycles. The molecule has 0 radical (unpaired) electrons. The third-order valence-electron chi connectivity index (χ3n) is 2.60. The zero-order valence-electron chi connectivity index (χ0n) is 11.8. The Hall–Kier alpha value is -2.13. The number of hydrogen-bond donors (Lipinski definition) is 1. The molecular formula is C17H21NO2. The van der Waals surface area contributed by atoms with Crippen LogP contribution in [0.4, 0.5) is 0 Å². The van der Waals surface area contributed by atoms with Gasteiger partial charge in [0.2, 0.25) is 0 Å². The summed E-state index contributed by atoms with van der Waals surface area (Å²) in [7, 11) is 0. The van der Waals surface area contributed by atoms with E-state index in [1.54, 1.807) is 24.3 Å². The Labute approximate surface area is 120 Å². The highest BCUT2D eigenvalue weighted by molar-refractivity contribution is 5.74. The summed E-state index contributed by atoms with van der Waals surface area (Å²) in [6.45, 7) is 3.32. The van der Waals surface area contributed by atoms with Gasteiger partial charge in [-0.3, -0.25) is 4.79 Å². The number of hydrogen-bond acceptors (Lipinski definition) is 3. The SMILES string of the molecule is CCOc1ccc(C=O)cc1.NCCc1ccccc1. The molecule has 0 bridgehead atoms. The van der Waals surface area contributed by atoms with Crippen LogP contribution in [-0.2, 0) is 6.42 Å². The summed E-state index contributed by atoms with van der Waals surface area (Å²) in [5, 5.41) is 0. The van der Waals surface area contributed by atoms with Gasteiger partial charge in [-0.25, -0.2) is 0 Å². The Bertz CT molecular complexity index is 480. The topological polar surface area (TPSA) is 52.3 Å². The van der Waals surface area contributed by atoms with Crippen molar-refractivity contribution >= 4 is 6.29 Å². The van der Waals surface area contributed by atoms with Crippen molar-refractivity contribution in [2.45, 2.75) is 13.3 Å². The largest absolute Gasteiger partial charge is 0.494 e. The molecular weight excluding hydrogens is 250 g/mol. The molecule has 2 aromatic carbocycles. The van der Waals surface area contributed by atoms with Crippen molar-refractivity contribution in [2.24, 2.45) is 5.73 Å². The first-order valence-electron chi connectivity index (χ1n) is 6.72. The number of ether oxygens (including phenoxy) is 1. The normalized spacial score (nSPS) is 9.30. The van der Waals surface area contributed by atoms with E-state index in [4.69, 9.17) is 10.5 Å². The molecule has 3 nitrogen and oxygen atoms in total. The molecule has 0 aliphatic carbocycles. The summed E-state index contributed by atoms with van der Waals surface area (Å²) >= 11 is 0. The van der Waals surface area contributed by atoms with Crippen molar-refractivity contribution < 1.29 is 9.53 Å². The van der Waals surface area contributed by atoms with E-state index in [0.29, 0.717) is 12.2 Å². The Kier molecular flexibility index (Phi) is 7.77. The highest BCUT2D eigenvalue weighted by Crippen LogP contribution is 2.10. The fourth-order valence-electron chi connectivity index (χ4n) is 1.62. The van der Waals surface area contributed by atoms with Gasteiger partial charge < -0.3 is 10.5 Å². The number of rotatable bonds is 5. The van der Waals surface area contributed by atoms with Gasteiger partial charge in [-0.2, -0.15) is 0 Å². The van der Waals surface area contributed by atoms with Gasteiger partial charge in [-0.15, -0.1) is 0 Å². The number of aldehydes is 1. The van der Waals surface area contributed by atoms with Crippen LogP contribution in [0, 0.1) is 0 Å². The Balaban J connectivity index is 0.000000204. The summed E-state index contributed by atoms with van der Waals surface area (Å²) in [4.78, 5) is 10.2. The summed E-state index contributed by atoms with van der Waals surface area (Å²) < 4.78 is 5.19. The Morgan fingerprint density at radius 3 is 2.20 bits per heavy atom. The third kappa shape index (κ3) is 6.16. The van der Waals surface area contributed by atoms with Gasteiger partial charge >= 0.3 is 0 Å². The van der Waals surface area contributed by atoms with Gasteiger partial charge in [-0.05, 0) is 49.7 Å². The maximum atomic E-state index is 10.2. The number of carbonyl (C=O) groups excluding carboxylic acids is 1. The van der Waals surface area contributed by atoms with Gasteiger partial charge in [0.25, 0.3) is 0 Å². The maximum absolute atomic E-state index is 10.2. The van der Waals surface area contributed by atoms with E-state index < -0.39 is 0 Å². The average Bonchev–Trinajstić information content (AvgIpc) is 2.50. The average molecular weight is 271 g/mol. The van der Waals surface area contributed by atoms with Crippen LogP contribution in [0.3, 0.4) is 0 Å². The van der Waals surface area contributed by atoms with Crippen LogP contribution in [0.5, 0.6) is 5.75 Å². The smallest absolute Gasteiger partial charge is 0.150 e. The summed E-state index contributed by atoms with van der Waals surface area (Å²) in [5.74, 6) is 0.804. The third-order valence-corrected chi connectivity index (χ3v) is 2.60. The minimum absolute atomic E-state index is 0.653. The Morgan fingerprint density at radius 2 is 1.70 bits per heavy atom. The van der Waals surface area contributed by atoms with Gasteiger partial charge in [0.05, 0.1) is 6.61 Å². The van der Waals surface area contributed by atoms with E-state index in [0.717, 1.165) is 25.0 Å². The van der Waals surface area contributed by atoms with Crippen molar-refractivity contribution in [2.75, 3.05) is 13.2 Å². The number of carbonyl (C=O) groups is 1. The van der Waals surface area contributed by atoms with Gasteiger partial charge in [0, 0.05) is 5.56 Å². The summed E-state index contributed by atoms with van der Waals surface area (Å²) in [6.07, 6.45) is 1.80. The van der Waals surface area contributed by atoms with Crippen LogP contribution < -0.4 is 10.5 Å². The predicted molar refractivity (Wildman–Crippen MR) is 82.2 cm³/mol. The lowest BCUT2D eigenvalue weighted by Gasteiger charge is -2.00. The zero-order chi connectivity index (χ0) is 14.6. The molecule has 0 saturated carbocycles. The first kappa shape index (κ1) is 15.9. The van der Waals surface area contributed by atoms with Crippen molar-refractivity contribution in [1.82, 2.24) is 0 Å². The molecule has 3 heteroatoms. The first-order chi connectivity index (χ1) is 9.80. The maximum Gasteiger partial charge on any atom is 0.150 e. The van der Waals surface area contributed by atoms with Crippen molar-refractivity contribution in [3.8, 4) is 5.75 Å². The van der Waals surface area contributed by atoms with E-state index in [1.807, 2.05) is 25.1 Å². The molecule has 20 heavy (non-hydrogen) atoms. The molecule has 0 amide bonds. The Morgan fingerprint density at radius 1 is 1.05 bits per heavy atom. The molecule has 0 heterocycles. The van der Waals surface area contributed by atoms with Crippen LogP contribution in [0.15, 0.2) is 54.6 Å². The van der Waals surface area contributed by atoms with Gasteiger partial charge in [-0.1, -0.05) is 30.3 Å². The first-order valence-corrected chi connectivity index (χ1v) is 6.72. The predicted octanol–water partition coefficient (Wildman–Crippen LogP) is 3.09. The monoisotopic (exact) mass is 271 g/mol. The highest BCUT2D eigenvalue weighted by atomic mass is 16.5. The summed E-state index contributed by atoms with van der Waals surface area (Å²) in [6, 6.07) is 17.3. The molecule has 0 aromatic heterocycles. The molecule has 0 fully saturated rings. The molecule has 2 rings (SSSR count). The minimum atomic E-state index is 0.653. The van der Waals surface area contributed by atoms with Gasteiger partial charge in [0.15, 0.2) is 0 Å². The standard InChI is InChI=1S/C9H10O2.C8H11N/c1-2-11-9-5-3-8(7-10)4-6-9;9-7-6-8-4-2-1-3-5-8/h3-7H,2H2,1H3;1-5H,6-7,9H2. The zero-order valence-corrected chi connectivity index (χ0v) is 11.8. The van der Waals surface area contributed by atoms with E-state index in [1.165, 1.54) is 5.56 Å². The molecule has 0 saturated heterocycles. The molecule has 0 aliphatic rings. The van der Waals surface area contributed by atoms with E-state index in [9.17, 15) is 4.79 Å². The van der Waals surface area contributed by atoms with Crippen LogP contribution in [-0.4, -0.2) is 19.4 Å². The quantitative estimate of drug-likeness (QED) is 0.850. The highest BCUT2D eigenvalue weighted by Gasteiger charge is 1.91. The molecule has 0 spiro atoms.